The normalized spacial score (nSPS) is 51.0. The van der Waals surface area contributed by atoms with E-state index < -0.39 is 0 Å². The summed E-state index contributed by atoms with van der Waals surface area (Å²) in [5.74, 6) is 4.01. The van der Waals surface area contributed by atoms with Crippen LogP contribution in [0.5, 0.6) is 0 Å². The second-order valence-electron chi connectivity index (χ2n) is 5.74. The lowest BCUT2D eigenvalue weighted by molar-refractivity contribution is 0.0302. The summed E-state index contributed by atoms with van der Waals surface area (Å²) in [4.78, 5) is 0. The summed E-state index contributed by atoms with van der Waals surface area (Å²) in [6.07, 6.45) is 4.55. The molecule has 0 aromatic rings. The Kier molecular flexibility index (Phi) is 1.79. The smallest absolute Gasteiger partial charge is 0.0297 e. The molecule has 2 fully saturated rings. The topological polar surface area (TPSA) is 0 Å². The molecule has 12 heavy (non-hydrogen) atoms. The molecule has 2 rings (SSSR count). The van der Waals surface area contributed by atoms with Gasteiger partial charge in [0.05, 0.1) is 0 Å². The van der Waals surface area contributed by atoms with Gasteiger partial charge in [0.25, 0.3) is 0 Å². The van der Waals surface area contributed by atoms with Crippen LogP contribution < -0.4 is 0 Å². The number of fused-ring (bicyclic) bond motifs is 2. The Morgan fingerprint density at radius 2 is 1.75 bits per heavy atom. The molecule has 2 bridgehead atoms. The number of rotatable bonds is 0. The van der Waals surface area contributed by atoms with E-state index in [2.05, 4.69) is 27.7 Å². The minimum Gasteiger partial charge on any atom is -0.0620 e. The summed E-state index contributed by atoms with van der Waals surface area (Å²) in [5, 5.41) is 0. The Hall–Kier alpha value is 0. The molecule has 0 aromatic heterocycles. The largest absolute Gasteiger partial charge is 0.0620 e. The zero-order valence-electron chi connectivity index (χ0n) is 8.93. The summed E-state index contributed by atoms with van der Waals surface area (Å²) in [7, 11) is 0. The fourth-order valence-electron chi connectivity index (χ4n) is 3.63. The van der Waals surface area contributed by atoms with E-state index in [4.69, 9.17) is 0 Å². The van der Waals surface area contributed by atoms with Crippen LogP contribution in [-0.2, 0) is 0 Å². The van der Waals surface area contributed by atoms with E-state index in [1.165, 1.54) is 19.3 Å². The van der Waals surface area contributed by atoms with Gasteiger partial charge in [0.2, 0.25) is 0 Å². The molecule has 0 spiro atoms. The second-order valence-corrected chi connectivity index (χ2v) is 5.74. The minimum absolute atomic E-state index is 0.617. The maximum Gasteiger partial charge on any atom is -0.0297 e. The Morgan fingerprint density at radius 1 is 1.08 bits per heavy atom. The van der Waals surface area contributed by atoms with Crippen molar-refractivity contribution in [3.8, 4) is 0 Å². The molecule has 0 saturated heterocycles. The lowest BCUT2D eigenvalue weighted by atomic mass is 9.59. The van der Waals surface area contributed by atoms with Crippen LogP contribution >= 0.6 is 0 Å². The monoisotopic (exact) mass is 166 g/mol. The van der Waals surface area contributed by atoms with Gasteiger partial charge in [-0.15, -0.1) is 0 Å². The molecule has 0 aromatic carbocycles. The van der Waals surface area contributed by atoms with Crippen LogP contribution in [0.15, 0.2) is 0 Å². The van der Waals surface area contributed by atoms with Gasteiger partial charge >= 0.3 is 0 Å². The van der Waals surface area contributed by atoms with Crippen LogP contribution in [0.1, 0.15) is 47.0 Å². The van der Waals surface area contributed by atoms with Gasteiger partial charge in [-0.3, -0.25) is 0 Å². The average molecular weight is 166 g/mol. The maximum atomic E-state index is 2.49. The van der Waals surface area contributed by atoms with Gasteiger partial charge in [0.15, 0.2) is 0 Å². The van der Waals surface area contributed by atoms with Gasteiger partial charge in [0, 0.05) is 0 Å². The third-order valence-corrected chi connectivity index (χ3v) is 5.23. The van der Waals surface area contributed by atoms with E-state index in [0.717, 1.165) is 23.7 Å². The Labute approximate surface area is 76.7 Å². The first kappa shape index (κ1) is 8.59. The van der Waals surface area contributed by atoms with E-state index in [1.807, 2.05) is 0 Å². The van der Waals surface area contributed by atoms with Crippen molar-refractivity contribution in [2.75, 3.05) is 0 Å². The van der Waals surface area contributed by atoms with E-state index in [1.54, 1.807) is 0 Å². The van der Waals surface area contributed by atoms with Gasteiger partial charge in [-0.2, -0.15) is 0 Å². The molecule has 0 heterocycles. The quantitative estimate of drug-likeness (QED) is 0.514. The third kappa shape index (κ3) is 0.963. The lowest BCUT2D eigenvalue weighted by Gasteiger charge is -2.46. The molecule has 4 atom stereocenters. The molecule has 0 nitrogen and oxygen atoms in total. The second kappa shape index (κ2) is 2.49. The lowest BCUT2D eigenvalue weighted by Crippen LogP contribution is -2.39. The predicted octanol–water partition coefficient (Wildman–Crippen LogP) is 3.71. The van der Waals surface area contributed by atoms with Crippen LogP contribution in [-0.4, -0.2) is 0 Å². The average Bonchev–Trinajstić information content (AvgIpc) is 2.46. The maximum absolute atomic E-state index is 2.49. The summed E-state index contributed by atoms with van der Waals surface area (Å²) in [5.41, 5.74) is 0.617. The van der Waals surface area contributed by atoms with Crippen molar-refractivity contribution in [1.82, 2.24) is 0 Å². The zero-order chi connectivity index (χ0) is 8.93. The first-order chi connectivity index (χ1) is 5.53. The van der Waals surface area contributed by atoms with Crippen LogP contribution in [0.25, 0.3) is 0 Å². The fourth-order valence-corrected chi connectivity index (χ4v) is 3.63. The first-order valence-corrected chi connectivity index (χ1v) is 5.53. The molecule has 70 valence electrons. The van der Waals surface area contributed by atoms with Crippen LogP contribution in [0.4, 0.5) is 0 Å². The van der Waals surface area contributed by atoms with E-state index in [-0.39, 0.29) is 0 Å². The van der Waals surface area contributed by atoms with Crippen molar-refractivity contribution in [2.45, 2.75) is 47.0 Å². The molecule has 0 amide bonds. The molecule has 0 aliphatic heterocycles. The van der Waals surface area contributed by atoms with Crippen molar-refractivity contribution in [3.63, 3.8) is 0 Å². The van der Waals surface area contributed by atoms with Crippen LogP contribution in [0, 0.1) is 29.1 Å². The SMILES string of the molecule is CC1C2CCC(C2)C(C)(C)C1C. The summed E-state index contributed by atoms with van der Waals surface area (Å²) in [6, 6.07) is 0. The van der Waals surface area contributed by atoms with Crippen molar-refractivity contribution in [2.24, 2.45) is 29.1 Å². The van der Waals surface area contributed by atoms with E-state index in [9.17, 15) is 0 Å². The van der Waals surface area contributed by atoms with Gasteiger partial charge in [-0.1, -0.05) is 27.7 Å². The predicted molar refractivity (Wildman–Crippen MR) is 52.9 cm³/mol. The summed E-state index contributed by atoms with van der Waals surface area (Å²) >= 11 is 0. The molecule has 0 radical (unpaired) electrons. The van der Waals surface area contributed by atoms with Gasteiger partial charge < -0.3 is 0 Å². The highest BCUT2D eigenvalue weighted by Gasteiger charge is 2.48. The highest BCUT2D eigenvalue weighted by molar-refractivity contribution is 4.98. The molecular weight excluding hydrogens is 144 g/mol. The van der Waals surface area contributed by atoms with Crippen LogP contribution in [0.2, 0.25) is 0 Å². The molecule has 4 unspecified atom stereocenters. The molecular formula is C12H22. The summed E-state index contributed by atoms with van der Waals surface area (Å²) < 4.78 is 0. The standard InChI is InChI=1S/C12H22/c1-8-9(2)12(3,4)11-6-5-10(8)7-11/h8-11H,5-7H2,1-4H3. The van der Waals surface area contributed by atoms with E-state index in [0.29, 0.717) is 5.41 Å². The first-order valence-electron chi connectivity index (χ1n) is 5.53. The molecule has 0 heteroatoms. The number of hydrogen-bond acceptors (Lipinski definition) is 0. The summed E-state index contributed by atoms with van der Waals surface area (Å²) in [6.45, 7) is 9.91. The highest BCUT2D eigenvalue weighted by atomic mass is 14.5. The molecule has 2 aliphatic carbocycles. The van der Waals surface area contributed by atoms with Gasteiger partial charge in [-0.05, 0) is 48.3 Å². The Balaban J connectivity index is 2.26. The third-order valence-electron chi connectivity index (χ3n) is 5.23. The van der Waals surface area contributed by atoms with Crippen molar-refractivity contribution in [1.29, 1.82) is 0 Å². The Morgan fingerprint density at radius 3 is 2.42 bits per heavy atom. The van der Waals surface area contributed by atoms with Crippen molar-refractivity contribution >= 4 is 0 Å². The number of hydrogen-bond donors (Lipinski definition) is 0. The molecule has 0 N–H and O–H groups in total. The molecule has 2 aliphatic rings. The zero-order valence-corrected chi connectivity index (χ0v) is 8.93. The van der Waals surface area contributed by atoms with Gasteiger partial charge in [0.1, 0.15) is 0 Å². The minimum atomic E-state index is 0.617. The Bertz CT molecular complexity index is 180. The highest BCUT2D eigenvalue weighted by Crippen LogP contribution is 2.57. The molecule has 2 saturated carbocycles. The van der Waals surface area contributed by atoms with Crippen LogP contribution in [0.3, 0.4) is 0 Å². The van der Waals surface area contributed by atoms with Gasteiger partial charge in [-0.25, -0.2) is 0 Å². The van der Waals surface area contributed by atoms with Crippen molar-refractivity contribution < 1.29 is 0 Å². The fraction of sp³-hybridized carbons (Fsp3) is 1.00. The van der Waals surface area contributed by atoms with Crippen molar-refractivity contribution in [3.05, 3.63) is 0 Å². The van der Waals surface area contributed by atoms with E-state index >= 15 is 0 Å².